The monoisotopic (exact) mass is 317 g/mol. The second-order valence-electron chi connectivity index (χ2n) is 6.56. The molecule has 24 heavy (non-hydrogen) atoms. The van der Waals surface area contributed by atoms with Crippen LogP contribution in [0.2, 0.25) is 0 Å². The van der Waals surface area contributed by atoms with Crippen LogP contribution >= 0.6 is 0 Å². The van der Waals surface area contributed by atoms with E-state index in [-0.39, 0.29) is 0 Å². The van der Waals surface area contributed by atoms with Gasteiger partial charge in [-0.1, -0.05) is 54.4 Å². The van der Waals surface area contributed by atoms with E-state index in [0.29, 0.717) is 6.04 Å². The van der Waals surface area contributed by atoms with Crippen molar-refractivity contribution in [2.24, 2.45) is 0 Å². The molecule has 1 fully saturated rings. The third-order valence-electron chi connectivity index (χ3n) is 4.81. The molecule has 4 rings (SSSR count). The van der Waals surface area contributed by atoms with Gasteiger partial charge in [0.05, 0.1) is 23.6 Å². The molecular weight excluding hydrogens is 294 g/mol. The number of aromatic nitrogens is 2. The second-order valence-corrected chi connectivity index (χ2v) is 6.56. The Kier molecular flexibility index (Phi) is 4.18. The summed E-state index contributed by atoms with van der Waals surface area (Å²) in [6, 6.07) is 19.5. The molecule has 122 valence electrons. The highest BCUT2D eigenvalue weighted by molar-refractivity contribution is 5.67. The number of benzene rings is 2. The van der Waals surface area contributed by atoms with Crippen molar-refractivity contribution in [1.29, 1.82) is 0 Å². The third-order valence-corrected chi connectivity index (χ3v) is 4.81. The van der Waals surface area contributed by atoms with Crippen molar-refractivity contribution in [1.82, 2.24) is 15.1 Å². The molecule has 0 spiro atoms. The minimum absolute atomic E-state index is 0.359. The van der Waals surface area contributed by atoms with E-state index in [1.54, 1.807) is 0 Å². The highest BCUT2D eigenvalue weighted by atomic mass is 15.3. The molecule has 0 radical (unpaired) electrons. The molecule has 1 unspecified atom stereocenters. The maximum atomic E-state index is 4.74. The van der Waals surface area contributed by atoms with Crippen molar-refractivity contribution in [3.63, 3.8) is 0 Å². The molecule has 3 nitrogen and oxygen atoms in total. The van der Waals surface area contributed by atoms with Crippen molar-refractivity contribution in [2.45, 2.75) is 32.2 Å². The molecule has 2 heterocycles. The summed E-state index contributed by atoms with van der Waals surface area (Å²) >= 11 is 0. The largest absolute Gasteiger partial charge is 0.309 e. The van der Waals surface area contributed by atoms with Crippen LogP contribution in [-0.2, 0) is 0 Å². The third kappa shape index (κ3) is 2.87. The van der Waals surface area contributed by atoms with Gasteiger partial charge in [-0.25, -0.2) is 4.68 Å². The van der Waals surface area contributed by atoms with Gasteiger partial charge in [-0.05, 0) is 44.0 Å². The van der Waals surface area contributed by atoms with Crippen molar-refractivity contribution < 1.29 is 0 Å². The summed E-state index contributed by atoms with van der Waals surface area (Å²) < 4.78 is 2.11. The van der Waals surface area contributed by atoms with Gasteiger partial charge in [-0.2, -0.15) is 5.10 Å². The molecule has 1 atom stereocenters. The molecular formula is C21H23N3. The molecule has 1 saturated heterocycles. The van der Waals surface area contributed by atoms with Crippen molar-refractivity contribution in [3.05, 3.63) is 72.1 Å². The van der Waals surface area contributed by atoms with Crippen LogP contribution in [0, 0.1) is 6.92 Å². The lowest BCUT2D eigenvalue weighted by molar-refractivity contribution is 0.399. The molecule has 1 N–H and O–H groups in total. The summed E-state index contributed by atoms with van der Waals surface area (Å²) in [5.74, 6) is 0. The summed E-state index contributed by atoms with van der Waals surface area (Å²) in [5, 5.41) is 8.43. The molecule has 0 bridgehead atoms. The van der Waals surface area contributed by atoms with Gasteiger partial charge < -0.3 is 5.32 Å². The predicted octanol–water partition coefficient (Wildman–Crippen LogP) is 4.66. The zero-order valence-corrected chi connectivity index (χ0v) is 14.1. The standard InChI is InChI=1S/C21H23N3/c1-16-10-12-17(13-11-16)19-15-23-24(18-7-3-2-4-8-18)21(19)20-9-5-6-14-22-20/h2-4,7-8,10-13,15,20,22H,5-6,9,14H2,1H3. The Morgan fingerprint density at radius 2 is 1.79 bits per heavy atom. The summed E-state index contributed by atoms with van der Waals surface area (Å²) in [5.41, 5.74) is 6.16. The number of nitrogens with zero attached hydrogens (tertiary/aromatic N) is 2. The quantitative estimate of drug-likeness (QED) is 0.761. The van der Waals surface area contributed by atoms with Gasteiger partial charge in [0.25, 0.3) is 0 Å². The fourth-order valence-corrected chi connectivity index (χ4v) is 3.51. The van der Waals surface area contributed by atoms with E-state index in [4.69, 9.17) is 5.10 Å². The molecule has 0 saturated carbocycles. The van der Waals surface area contributed by atoms with Gasteiger partial charge in [-0.15, -0.1) is 0 Å². The van der Waals surface area contributed by atoms with E-state index in [2.05, 4.69) is 65.5 Å². The van der Waals surface area contributed by atoms with E-state index in [0.717, 1.165) is 18.7 Å². The summed E-state index contributed by atoms with van der Waals surface area (Å²) in [4.78, 5) is 0. The molecule has 1 aliphatic heterocycles. The first-order valence-electron chi connectivity index (χ1n) is 8.77. The van der Waals surface area contributed by atoms with Crippen LogP contribution in [0.3, 0.4) is 0 Å². The summed E-state index contributed by atoms with van der Waals surface area (Å²) in [7, 11) is 0. The van der Waals surface area contributed by atoms with Gasteiger partial charge in [0.1, 0.15) is 0 Å². The number of para-hydroxylation sites is 1. The van der Waals surface area contributed by atoms with E-state index >= 15 is 0 Å². The van der Waals surface area contributed by atoms with Crippen LogP contribution in [0.25, 0.3) is 16.8 Å². The van der Waals surface area contributed by atoms with Crippen molar-refractivity contribution in [2.75, 3.05) is 6.54 Å². The topological polar surface area (TPSA) is 29.9 Å². The Morgan fingerprint density at radius 1 is 1.00 bits per heavy atom. The zero-order chi connectivity index (χ0) is 16.4. The number of hydrogen-bond acceptors (Lipinski definition) is 2. The Hall–Kier alpha value is -2.39. The first-order valence-corrected chi connectivity index (χ1v) is 8.77. The van der Waals surface area contributed by atoms with Gasteiger partial charge in [0.2, 0.25) is 0 Å². The average molecular weight is 317 g/mol. The smallest absolute Gasteiger partial charge is 0.0690 e. The first kappa shape index (κ1) is 15.2. The first-order chi connectivity index (χ1) is 11.8. The average Bonchev–Trinajstić information content (AvgIpc) is 3.09. The highest BCUT2D eigenvalue weighted by Gasteiger charge is 2.24. The van der Waals surface area contributed by atoms with Crippen molar-refractivity contribution >= 4 is 0 Å². The maximum absolute atomic E-state index is 4.74. The Morgan fingerprint density at radius 3 is 2.50 bits per heavy atom. The maximum Gasteiger partial charge on any atom is 0.0690 e. The molecule has 0 amide bonds. The Bertz CT molecular complexity index is 797. The van der Waals surface area contributed by atoms with E-state index in [1.807, 2.05) is 12.3 Å². The van der Waals surface area contributed by atoms with Gasteiger partial charge in [-0.3, -0.25) is 0 Å². The van der Waals surface area contributed by atoms with Crippen LogP contribution in [0.15, 0.2) is 60.8 Å². The van der Waals surface area contributed by atoms with Crippen LogP contribution in [0.4, 0.5) is 0 Å². The van der Waals surface area contributed by atoms with E-state index < -0.39 is 0 Å². The van der Waals surface area contributed by atoms with Crippen molar-refractivity contribution in [3.8, 4) is 16.8 Å². The summed E-state index contributed by atoms with van der Waals surface area (Å²) in [6.45, 7) is 3.21. The van der Waals surface area contributed by atoms with Crippen LogP contribution < -0.4 is 5.32 Å². The lowest BCUT2D eigenvalue weighted by Crippen LogP contribution is -2.29. The Balaban J connectivity index is 1.84. The minimum Gasteiger partial charge on any atom is -0.309 e. The highest BCUT2D eigenvalue weighted by Crippen LogP contribution is 2.34. The minimum atomic E-state index is 0.359. The van der Waals surface area contributed by atoms with Gasteiger partial charge in [0.15, 0.2) is 0 Å². The summed E-state index contributed by atoms with van der Waals surface area (Å²) in [6.07, 6.45) is 5.71. The number of rotatable bonds is 3. The number of piperidine rings is 1. The van der Waals surface area contributed by atoms with E-state index in [1.165, 1.54) is 35.2 Å². The van der Waals surface area contributed by atoms with Crippen LogP contribution in [-0.4, -0.2) is 16.3 Å². The lowest BCUT2D eigenvalue weighted by atomic mass is 9.95. The Labute approximate surface area is 143 Å². The van der Waals surface area contributed by atoms with Crippen LogP contribution in [0.1, 0.15) is 36.6 Å². The van der Waals surface area contributed by atoms with Crippen LogP contribution in [0.5, 0.6) is 0 Å². The normalized spacial score (nSPS) is 17.8. The predicted molar refractivity (Wildman–Crippen MR) is 98.3 cm³/mol. The molecule has 0 aliphatic carbocycles. The molecule has 2 aromatic carbocycles. The second kappa shape index (κ2) is 6.62. The van der Waals surface area contributed by atoms with E-state index in [9.17, 15) is 0 Å². The number of hydrogen-bond donors (Lipinski definition) is 1. The number of aryl methyl sites for hydroxylation is 1. The fraction of sp³-hybridized carbons (Fsp3) is 0.286. The van der Waals surface area contributed by atoms with Gasteiger partial charge >= 0.3 is 0 Å². The molecule has 3 heteroatoms. The fourth-order valence-electron chi connectivity index (χ4n) is 3.51. The lowest BCUT2D eigenvalue weighted by Gasteiger charge is -2.25. The molecule has 1 aliphatic rings. The zero-order valence-electron chi connectivity index (χ0n) is 14.1. The SMILES string of the molecule is Cc1ccc(-c2cnn(-c3ccccc3)c2C2CCCCN2)cc1. The number of nitrogens with one attached hydrogen (secondary N) is 1. The van der Waals surface area contributed by atoms with Gasteiger partial charge in [0, 0.05) is 5.56 Å². The molecule has 1 aromatic heterocycles. The molecule has 3 aromatic rings.